The van der Waals surface area contributed by atoms with Gasteiger partial charge in [0.1, 0.15) is 5.15 Å². The van der Waals surface area contributed by atoms with Gasteiger partial charge in [0.25, 0.3) is 6.43 Å². The van der Waals surface area contributed by atoms with E-state index in [1.807, 2.05) is 0 Å². The summed E-state index contributed by atoms with van der Waals surface area (Å²) in [6, 6.07) is 1.20. The Bertz CT molecular complexity index is 333. The van der Waals surface area contributed by atoms with Crippen LogP contribution in [-0.4, -0.2) is 12.1 Å². The minimum atomic E-state index is -2.66. The van der Waals surface area contributed by atoms with Gasteiger partial charge in [0.05, 0.1) is 18.6 Å². The molecule has 1 aromatic heterocycles. The van der Waals surface area contributed by atoms with Crippen molar-refractivity contribution in [2.75, 3.05) is 7.11 Å². The quantitative estimate of drug-likeness (QED) is 0.598. The van der Waals surface area contributed by atoms with Crippen LogP contribution in [0.1, 0.15) is 17.6 Å². The fourth-order valence-corrected chi connectivity index (χ4v) is 1.37. The summed E-state index contributed by atoms with van der Waals surface area (Å²) < 4.78 is 29.6. The highest BCUT2D eigenvalue weighted by Crippen LogP contribution is 2.30. The third-order valence-electron chi connectivity index (χ3n) is 1.61. The van der Waals surface area contributed by atoms with Gasteiger partial charge in [-0.15, -0.1) is 11.6 Å². The van der Waals surface area contributed by atoms with E-state index in [2.05, 4.69) is 4.98 Å². The Morgan fingerprint density at radius 1 is 1.57 bits per heavy atom. The molecule has 0 spiro atoms. The van der Waals surface area contributed by atoms with Crippen LogP contribution in [-0.2, 0) is 5.88 Å². The predicted octanol–water partition coefficient (Wildman–Crippen LogP) is 3.42. The number of rotatable bonds is 3. The Morgan fingerprint density at radius 2 is 2.21 bits per heavy atom. The third kappa shape index (κ3) is 2.25. The number of halogens is 4. The molecule has 0 bridgehead atoms. The van der Waals surface area contributed by atoms with Crippen LogP contribution in [0.2, 0.25) is 5.15 Å². The van der Waals surface area contributed by atoms with Crippen LogP contribution >= 0.6 is 23.2 Å². The maximum Gasteiger partial charge on any atom is 0.266 e. The normalized spacial score (nSPS) is 10.7. The molecule has 78 valence electrons. The van der Waals surface area contributed by atoms with E-state index in [1.54, 1.807) is 0 Å². The molecule has 0 atom stereocenters. The monoisotopic (exact) mass is 241 g/mol. The zero-order chi connectivity index (χ0) is 10.7. The molecule has 0 amide bonds. The van der Waals surface area contributed by atoms with Gasteiger partial charge in [-0.25, -0.2) is 13.8 Å². The van der Waals surface area contributed by atoms with Crippen molar-refractivity contribution < 1.29 is 13.5 Å². The molecule has 0 unspecified atom stereocenters. The molecule has 0 aliphatic rings. The molecule has 2 nitrogen and oxygen atoms in total. The SMILES string of the molecule is COc1nc(Cl)c(C(F)F)cc1CCl. The lowest BCUT2D eigenvalue weighted by Crippen LogP contribution is -1.98. The Kier molecular flexibility index (Phi) is 3.89. The molecule has 1 aromatic rings. The van der Waals surface area contributed by atoms with Crippen molar-refractivity contribution in [2.24, 2.45) is 0 Å². The van der Waals surface area contributed by atoms with Gasteiger partial charge in [0.15, 0.2) is 0 Å². The lowest BCUT2D eigenvalue weighted by Gasteiger charge is -2.08. The number of alkyl halides is 3. The van der Waals surface area contributed by atoms with Crippen molar-refractivity contribution >= 4 is 23.2 Å². The van der Waals surface area contributed by atoms with Crippen molar-refractivity contribution in [2.45, 2.75) is 12.3 Å². The summed E-state index contributed by atoms with van der Waals surface area (Å²) >= 11 is 11.0. The molecule has 0 N–H and O–H groups in total. The first-order chi connectivity index (χ1) is 6.60. The van der Waals surface area contributed by atoms with E-state index >= 15 is 0 Å². The van der Waals surface area contributed by atoms with Crippen LogP contribution in [0.5, 0.6) is 5.88 Å². The third-order valence-corrected chi connectivity index (χ3v) is 2.21. The highest BCUT2D eigenvalue weighted by atomic mass is 35.5. The van der Waals surface area contributed by atoms with Crippen molar-refractivity contribution in [3.05, 3.63) is 22.3 Å². The molecule has 1 rings (SSSR count). The van der Waals surface area contributed by atoms with Gasteiger partial charge in [-0.3, -0.25) is 0 Å². The molecule has 0 saturated carbocycles. The van der Waals surface area contributed by atoms with E-state index in [0.29, 0.717) is 5.56 Å². The predicted molar refractivity (Wildman–Crippen MR) is 50.3 cm³/mol. The summed E-state index contributed by atoms with van der Waals surface area (Å²) in [5.41, 5.74) is 0.0667. The summed E-state index contributed by atoms with van der Waals surface area (Å²) in [5.74, 6) is 0.224. The second-order valence-electron chi connectivity index (χ2n) is 2.47. The first kappa shape index (κ1) is 11.5. The lowest BCUT2D eigenvalue weighted by atomic mass is 10.2. The summed E-state index contributed by atoms with van der Waals surface area (Å²) in [7, 11) is 1.37. The average Bonchev–Trinajstić information content (AvgIpc) is 2.16. The maximum absolute atomic E-state index is 12.4. The van der Waals surface area contributed by atoms with Crippen molar-refractivity contribution in [1.82, 2.24) is 4.98 Å². The smallest absolute Gasteiger partial charge is 0.266 e. The number of methoxy groups -OCH3 is 1. The lowest BCUT2D eigenvalue weighted by molar-refractivity contribution is 0.151. The van der Waals surface area contributed by atoms with Crippen molar-refractivity contribution in [3.8, 4) is 5.88 Å². The minimum Gasteiger partial charge on any atom is -0.481 e. The Labute approximate surface area is 89.8 Å². The number of pyridine rings is 1. The molecule has 0 saturated heterocycles. The molecule has 0 aliphatic carbocycles. The molecule has 0 aromatic carbocycles. The van der Waals surface area contributed by atoms with Crippen LogP contribution in [0.15, 0.2) is 6.07 Å². The molecule has 0 fully saturated rings. The van der Waals surface area contributed by atoms with Crippen molar-refractivity contribution in [1.29, 1.82) is 0 Å². The van der Waals surface area contributed by atoms with E-state index in [0.717, 1.165) is 0 Å². The van der Waals surface area contributed by atoms with E-state index in [1.165, 1.54) is 13.2 Å². The first-order valence-corrected chi connectivity index (χ1v) is 4.58. The maximum atomic E-state index is 12.4. The standard InChI is InChI=1S/C8H7Cl2F2NO/c1-14-8-4(3-9)2-5(7(11)12)6(10)13-8/h2,7H,3H2,1H3. The van der Waals surface area contributed by atoms with Crippen LogP contribution in [0.4, 0.5) is 8.78 Å². The molecular formula is C8H7Cl2F2NO. The zero-order valence-corrected chi connectivity index (χ0v) is 8.74. The van der Waals surface area contributed by atoms with Gasteiger partial charge in [-0.1, -0.05) is 11.6 Å². The second-order valence-corrected chi connectivity index (χ2v) is 3.10. The number of nitrogens with zero attached hydrogens (tertiary/aromatic N) is 1. The summed E-state index contributed by atoms with van der Waals surface area (Å²) in [6.07, 6.45) is -2.66. The van der Waals surface area contributed by atoms with E-state index < -0.39 is 6.43 Å². The summed E-state index contributed by atoms with van der Waals surface area (Å²) in [4.78, 5) is 3.66. The fourth-order valence-electron chi connectivity index (χ4n) is 0.960. The average molecular weight is 242 g/mol. The first-order valence-electron chi connectivity index (χ1n) is 3.67. The molecule has 0 radical (unpaired) electrons. The zero-order valence-electron chi connectivity index (χ0n) is 7.23. The Hall–Kier alpha value is -0.610. The van der Waals surface area contributed by atoms with E-state index in [9.17, 15) is 8.78 Å². The van der Waals surface area contributed by atoms with E-state index in [-0.39, 0.29) is 22.5 Å². The molecule has 1 heterocycles. The van der Waals surface area contributed by atoms with E-state index in [4.69, 9.17) is 27.9 Å². The number of hydrogen-bond donors (Lipinski definition) is 0. The Morgan fingerprint density at radius 3 is 2.64 bits per heavy atom. The van der Waals surface area contributed by atoms with Gasteiger partial charge < -0.3 is 4.74 Å². The highest BCUT2D eigenvalue weighted by Gasteiger charge is 2.17. The number of aromatic nitrogens is 1. The molecule has 14 heavy (non-hydrogen) atoms. The van der Waals surface area contributed by atoms with Gasteiger partial charge in [0.2, 0.25) is 5.88 Å². The fraction of sp³-hybridized carbons (Fsp3) is 0.375. The van der Waals surface area contributed by atoms with Gasteiger partial charge >= 0.3 is 0 Å². The second kappa shape index (κ2) is 4.75. The van der Waals surface area contributed by atoms with Crippen molar-refractivity contribution in [3.63, 3.8) is 0 Å². The molecule has 6 heteroatoms. The summed E-state index contributed by atoms with van der Waals surface area (Å²) in [6.45, 7) is 0. The van der Waals surface area contributed by atoms with Crippen LogP contribution in [0.25, 0.3) is 0 Å². The van der Waals surface area contributed by atoms with Crippen LogP contribution in [0, 0.1) is 0 Å². The largest absolute Gasteiger partial charge is 0.481 e. The summed E-state index contributed by atoms with van der Waals surface area (Å²) in [5, 5.41) is -0.259. The number of hydrogen-bond acceptors (Lipinski definition) is 2. The Balaban J connectivity index is 3.23. The molecule has 0 aliphatic heterocycles. The highest BCUT2D eigenvalue weighted by molar-refractivity contribution is 6.30. The number of ether oxygens (including phenoxy) is 1. The molecular weight excluding hydrogens is 235 g/mol. The van der Waals surface area contributed by atoms with Gasteiger partial charge in [-0.2, -0.15) is 0 Å². The topological polar surface area (TPSA) is 22.1 Å². The minimum absolute atomic E-state index is 0.0487. The van der Waals surface area contributed by atoms with Gasteiger partial charge in [0, 0.05) is 5.56 Å². The van der Waals surface area contributed by atoms with Crippen LogP contribution < -0.4 is 4.74 Å². The van der Waals surface area contributed by atoms with Crippen LogP contribution in [0.3, 0.4) is 0 Å². The van der Waals surface area contributed by atoms with Gasteiger partial charge in [-0.05, 0) is 6.07 Å².